The molecule has 0 bridgehead atoms. The van der Waals surface area contributed by atoms with Gasteiger partial charge in [-0.05, 0) is 50.7 Å². The molecule has 0 aromatic heterocycles. The average molecular weight is 399 g/mol. The number of carbonyl (C=O) groups excluding carboxylic acids is 2. The van der Waals surface area contributed by atoms with E-state index < -0.39 is 5.54 Å². The Morgan fingerprint density at radius 3 is 2.69 bits per heavy atom. The molecular formula is C24H34N2O3. The molecule has 1 aromatic carbocycles. The number of carbonyl (C=O) groups is 2. The van der Waals surface area contributed by atoms with Crippen LogP contribution in [0.5, 0.6) is 0 Å². The average Bonchev–Trinajstić information content (AvgIpc) is 3.26. The number of ether oxygens (including phenoxy) is 1. The number of benzene rings is 1. The van der Waals surface area contributed by atoms with Gasteiger partial charge in [0, 0.05) is 24.8 Å². The van der Waals surface area contributed by atoms with Gasteiger partial charge in [-0.3, -0.25) is 9.59 Å². The summed E-state index contributed by atoms with van der Waals surface area (Å²) < 4.78 is 5.71. The van der Waals surface area contributed by atoms with Gasteiger partial charge in [-0.15, -0.1) is 0 Å². The van der Waals surface area contributed by atoms with Crippen molar-refractivity contribution in [3.63, 3.8) is 0 Å². The van der Waals surface area contributed by atoms with Crippen LogP contribution in [0.25, 0.3) is 0 Å². The molecule has 1 saturated heterocycles. The fourth-order valence-corrected chi connectivity index (χ4v) is 5.73. The van der Waals surface area contributed by atoms with Gasteiger partial charge in [-0.25, -0.2) is 0 Å². The summed E-state index contributed by atoms with van der Waals surface area (Å²) in [5.74, 6) is -0.164. The quantitative estimate of drug-likeness (QED) is 0.815. The van der Waals surface area contributed by atoms with E-state index in [-0.39, 0.29) is 29.9 Å². The summed E-state index contributed by atoms with van der Waals surface area (Å²) >= 11 is 0. The van der Waals surface area contributed by atoms with Crippen molar-refractivity contribution >= 4 is 11.8 Å². The second-order valence-corrected chi connectivity index (χ2v) is 9.00. The van der Waals surface area contributed by atoms with E-state index >= 15 is 0 Å². The minimum atomic E-state index is -0.417. The molecule has 0 radical (unpaired) electrons. The first-order valence-corrected chi connectivity index (χ1v) is 11.4. The summed E-state index contributed by atoms with van der Waals surface area (Å²) in [6.07, 6.45) is 8.18. The standard InChI is InChI=1S/C24H34N2O3/c1-3-17(2)26-23(28)20-12-6-5-11-19(20)21(24(26)13-7-4-8-14-24)22(27)25-16-18-10-9-15-29-18/h5-6,11-12,17-18,21H,3-4,7-10,13-16H2,1-2H3,(H,25,27)/t17-,18-,21-/m1/s1. The summed E-state index contributed by atoms with van der Waals surface area (Å²) in [5.41, 5.74) is 1.18. The number of hydrogen-bond acceptors (Lipinski definition) is 3. The molecule has 1 aromatic rings. The Labute approximate surface area is 174 Å². The van der Waals surface area contributed by atoms with Crippen molar-refractivity contribution in [1.82, 2.24) is 10.2 Å². The first-order chi connectivity index (χ1) is 14.1. The molecular weight excluding hydrogens is 364 g/mol. The zero-order chi connectivity index (χ0) is 20.4. The first kappa shape index (κ1) is 20.4. The van der Waals surface area contributed by atoms with E-state index in [1.165, 1.54) is 6.42 Å². The predicted octanol–water partition coefficient (Wildman–Crippen LogP) is 4.02. The van der Waals surface area contributed by atoms with Crippen LogP contribution in [-0.4, -0.2) is 47.6 Å². The molecule has 1 saturated carbocycles. The molecule has 3 aliphatic rings. The van der Waals surface area contributed by atoms with Gasteiger partial charge in [-0.1, -0.05) is 44.4 Å². The molecule has 5 nitrogen and oxygen atoms in total. The second kappa shape index (κ2) is 8.47. The molecule has 158 valence electrons. The Morgan fingerprint density at radius 2 is 2.00 bits per heavy atom. The Morgan fingerprint density at radius 1 is 1.24 bits per heavy atom. The minimum absolute atomic E-state index is 0.0515. The van der Waals surface area contributed by atoms with E-state index in [1.807, 2.05) is 24.3 Å². The van der Waals surface area contributed by atoms with Crippen LogP contribution in [0.1, 0.15) is 87.1 Å². The molecule has 0 unspecified atom stereocenters. The van der Waals surface area contributed by atoms with Gasteiger partial charge in [0.2, 0.25) is 5.91 Å². The number of nitrogens with one attached hydrogen (secondary N) is 1. The highest BCUT2D eigenvalue weighted by Gasteiger charge is 2.55. The number of fused-ring (bicyclic) bond motifs is 1. The fourth-order valence-electron chi connectivity index (χ4n) is 5.73. The summed E-state index contributed by atoms with van der Waals surface area (Å²) in [7, 11) is 0. The third-order valence-corrected chi connectivity index (χ3v) is 7.28. The Hall–Kier alpha value is -1.88. The van der Waals surface area contributed by atoms with E-state index in [4.69, 9.17) is 4.74 Å². The van der Waals surface area contributed by atoms with Gasteiger partial charge in [0.05, 0.1) is 17.6 Å². The molecule has 2 amide bonds. The van der Waals surface area contributed by atoms with E-state index in [0.717, 1.165) is 57.1 Å². The monoisotopic (exact) mass is 398 g/mol. The van der Waals surface area contributed by atoms with Gasteiger partial charge in [0.15, 0.2) is 0 Å². The lowest BCUT2D eigenvalue weighted by Gasteiger charge is -2.55. The molecule has 1 aliphatic carbocycles. The molecule has 1 N–H and O–H groups in total. The molecule has 4 rings (SSSR count). The molecule has 2 heterocycles. The Kier molecular flexibility index (Phi) is 5.95. The maximum Gasteiger partial charge on any atom is 0.254 e. The molecule has 2 aliphatic heterocycles. The zero-order valence-corrected chi connectivity index (χ0v) is 17.8. The van der Waals surface area contributed by atoms with E-state index in [1.54, 1.807) is 0 Å². The van der Waals surface area contributed by atoms with E-state index in [0.29, 0.717) is 12.1 Å². The Bertz CT molecular complexity index is 750. The molecule has 5 heteroatoms. The lowest BCUT2D eigenvalue weighted by molar-refractivity contribution is -0.128. The zero-order valence-electron chi connectivity index (χ0n) is 17.8. The highest BCUT2D eigenvalue weighted by molar-refractivity contribution is 6.02. The summed E-state index contributed by atoms with van der Waals surface area (Å²) in [6, 6.07) is 7.87. The van der Waals surface area contributed by atoms with Gasteiger partial charge in [-0.2, -0.15) is 0 Å². The van der Waals surface area contributed by atoms with Crippen LogP contribution < -0.4 is 5.32 Å². The van der Waals surface area contributed by atoms with Gasteiger partial charge < -0.3 is 15.0 Å². The molecule has 2 fully saturated rings. The Balaban J connectivity index is 1.74. The van der Waals surface area contributed by atoms with Crippen molar-refractivity contribution in [1.29, 1.82) is 0 Å². The third kappa shape index (κ3) is 3.58. The minimum Gasteiger partial charge on any atom is -0.376 e. The van der Waals surface area contributed by atoms with Gasteiger partial charge in [0.1, 0.15) is 0 Å². The molecule has 29 heavy (non-hydrogen) atoms. The number of hydrogen-bond donors (Lipinski definition) is 1. The van der Waals surface area contributed by atoms with Crippen molar-refractivity contribution in [2.45, 2.75) is 88.8 Å². The first-order valence-electron chi connectivity index (χ1n) is 11.4. The van der Waals surface area contributed by atoms with Crippen LogP contribution in [-0.2, 0) is 9.53 Å². The lowest BCUT2D eigenvalue weighted by Crippen LogP contribution is -2.65. The van der Waals surface area contributed by atoms with Crippen molar-refractivity contribution in [2.24, 2.45) is 0 Å². The molecule has 3 atom stereocenters. The molecule has 1 spiro atoms. The van der Waals surface area contributed by atoms with E-state index in [9.17, 15) is 9.59 Å². The van der Waals surface area contributed by atoms with Crippen molar-refractivity contribution in [3.8, 4) is 0 Å². The summed E-state index contributed by atoms with van der Waals surface area (Å²) in [6.45, 7) is 5.60. The largest absolute Gasteiger partial charge is 0.376 e. The highest BCUT2D eigenvalue weighted by atomic mass is 16.5. The highest BCUT2D eigenvalue weighted by Crippen LogP contribution is 2.50. The van der Waals surface area contributed by atoms with Crippen LogP contribution >= 0.6 is 0 Å². The van der Waals surface area contributed by atoms with Crippen LogP contribution in [0.2, 0.25) is 0 Å². The maximum atomic E-state index is 13.6. The predicted molar refractivity (Wildman–Crippen MR) is 113 cm³/mol. The topological polar surface area (TPSA) is 58.6 Å². The van der Waals surface area contributed by atoms with Crippen molar-refractivity contribution < 1.29 is 14.3 Å². The number of rotatable bonds is 5. The number of amides is 2. The van der Waals surface area contributed by atoms with Crippen LogP contribution in [0.4, 0.5) is 0 Å². The SMILES string of the molecule is CC[C@@H](C)N1C(=O)c2ccccc2[C@H](C(=O)NC[C@H]2CCCO2)C12CCCCC2. The fraction of sp³-hybridized carbons (Fsp3) is 0.667. The smallest absolute Gasteiger partial charge is 0.254 e. The van der Waals surface area contributed by atoms with Crippen LogP contribution in [0.3, 0.4) is 0 Å². The maximum absolute atomic E-state index is 13.6. The third-order valence-electron chi connectivity index (χ3n) is 7.28. The second-order valence-electron chi connectivity index (χ2n) is 9.00. The van der Waals surface area contributed by atoms with Crippen LogP contribution in [0, 0.1) is 0 Å². The summed E-state index contributed by atoms with van der Waals surface area (Å²) in [4.78, 5) is 29.3. The van der Waals surface area contributed by atoms with Gasteiger partial charge >= 0.3 is 0 Å². The van der Waals surface area contributed by atoms with Crippen molar-refractivity contribution in [2.75, 3.05) is 13.2 Å². The summed E-state index contributed by atoms with van der Waals surface area (Å²) in [5, 5.41) is 3.20. The van der Waals surface area contributed by atoms with Crippen LogP contribution in [0.15, 0.2) is 24.3 Å². The van der Waals surface area contributed by atoms with E-state index in [2.05, 4.69) is 24.1 Å². The lowest BCUT2D eigenvalue weighted by atomic mass is 9.64. The van der Waals surface area contributed by atoms with Crippen molar-refractivity contribution in [3.05, 3.63) is 35.4 Å². The van der Waals surface area contributed by atoms with Gasteiger partial charge in [0.25, 0.3) is 5.91 Å². The normalized spacial score (nSPS) is 27.0. The number of nitrogens with zero attached hydrogens (tertiary/aromatic N) is 1.